The number of pyridine rings is 1. The zero-order valence-electron chi connectivity index (χ0n) is 10.3. The first kappa shape index (κ1) is 12.2. The van der Waals surface area contributed by atoms with Crippen molar-refractivity contribution in [2.75, 3.05) is 25.4 Å². The van der Waals surface area contributed by atoms with E-state index in [1.165, 1.54) is 31.7 Å². The molecule has 4 nitrogen and oxygen atoms in total. The van der Waals surface area contributed by atoms with Gasteiger partial charge in [0.05, 0.1) is 0 Å². The average molecular weight is 235 g/mol. The Kier molecular flexibility index (Phi) is 4.20. The van der Waals surface area contributed by atoms with Gasteiger partial charge in [0.1, 0.15) is 0 Å². The van der Waals surface area contributed by atoms with Crippen LogP contribution in [0.5, 0.6) is 0 Å². The third-order valence-corrected chi connectivity index (χ3v) is 3.36. The van der Waals surface area contributed by atoms with Crippen molar-refractivity contribution in [1.82, 2.24) is 9.47 Å². The Morgan fingerprint density at radius 2 is 1.76 bits per heavy atom. The number of anilines is 1. The molecule has 1 saturated heterocycles. The molecule has 0 amide bonds. The van der Waals surface area contributed by atoms with E-state index in [4.69, 9.17) is 5.73 Å². The third-order valence-electron chi connectivity index (χ3n) is 3.36. The first-order valence-electron chi connectivity index (χ1n) is 6.44. The molecule has 2 heterocycles. The molecule has 0 radical (unpaired) electrons. The van der Waals surface area contributed by atoms with E-state index in [0.717, 1.165) is 26.2 Å². The van der Waals surface area contributed by atoms with E-state index >= 15 is 0 Å². The minimum atomic E-state index is 0.0361. The lowest BCUT2D eigenvalue weighted by Crippen LogP contribution is -2.31. The van der Waals surface area contributed by atoms with E-state index < -0.39 is 0 Å². The molecule has 1 aromatic rings. The van der Waals surface area contributed by atoms with Crippen LogP contribution in [0, 0.1) is 0 Å². The summed E-state index contributed by atoms with van der Waals surface area (Å²) in [6.07, 6.45) is 6.99. The highest BCUT2D eigenvalue weighted by Crippen LogP contribution is 2.09. The van der Waals surface area contributed by atoms with Crippen LogP contribution in [0.25, 0.3) is 0 Å². The van der Waals surface area contributed by atoms with Crippen molar-refractivity contribution in [2.45, 2.75) is 32.2 Å². The Morgan fingerprint density at radius 3 is 2.47 bits per heavy atom. The maximum absolute atomic E-state index is 11.6. The summed E-state index contributed by atoms with van der Waals surface area (Å²) in [7, 11) is 0. The molecule has 0 aromatic carbocycles. The minimum absolute atomic E-state index is 0.0361. The van der Waals surface area contributed by atoms with Crippen LogP contribution in [0.3, 0.4) is 0 Å². The van der Waals surface area contributed by atoms with Gasteiger partial charge >= 0.3 is 0 Å². The molecule has 1 aliphatic heterocycles. The molecule has 2 N–H and O–H groups in total. The molecular weight excluding hydrogens is 214 g/mol. The molecule has 4 heteroatoms. The molecular formula is C13H21N3O. The highest BCUT2D eigenvalue weighted by molar-refractivity contribution is 5.33. The predicted octanol–water partition coefficient (Wildman–Crippen LogP) is 1.31. The van der Waals surface area contributed by atoms with Gasteiger partial charge in [-0.05, 0) is 32.0 Å². The second-order valence-electron chi connectivity index (χ2n) is 4.75. The number of nitrogen functional groups attached to an aromatic ring is 1. The molecule has 1 aliphatic rings. The molecule has 0 atom stereocenters. The molecule has 0 unspecified atom stereocenters. The summed E-state index contributed by atoms with van der Waals surface area (Å²) in [5.74, 6) is 0. The zero-order valence-corrected chi connectivity index (χ0v) is 10.3. The summed E-state index contributed by atoms with van der Waals surface area (Å²) in [6, 6.07) is 3.20. The normalized spacial score (nSPS) is 17.9. The van der Waals surface area contributed by atoms with Crippen molar-refractivity contribution in [3.05, 3.63) is 28.7 Å². The van der Waals surface area contributed by atoms with Crippen LogP contribution in [-0.2, 0) is 6.54 Å². The van der Waals surface area contributed by atoms with Crippen molar-refractivity contribution in [2.24, 2.45) is 0 Å². The van der Waals surface area contributed by atoms with Gasteiger partial charge in [-0.1, -0.05) is 12.8 Å². The maximum Gasteiger partial charge on any atom is 0.250 e. The Hall–Kier alpha value is -1.29. The van der Waals surface area contributed by atoms with Gasteiger partial charge in [-0.2, -0.15) is 0 Å². The first-order chi connectivity index (χ1) is 8.25. The summed E-state index contributed by atoms with van der Waals surface area (Å²) < 4.78 is 1.71. The molecule has 0 spiro atoms. The Morgan fingerprint density at radius 1 is 1.06 bits per heavy atom. The van der Waals surface area contributed by atoms with Crippen LogP contribution in [0.1, 0.15) is 25.7 Å². The molecule has 17 heavy (non-hydrogen) atoms. The third kappa shape index (κ3) is 3.60. The van der Waals surface area contributed by atoms with Crippen LogP contribution < -0.4 is 11.3 Å². The van der Waals surface area contributed by atoms with Crippen molar-refractivity contribution in [1.29, 1.82) is 0 Å². The van der Waals surface area contributed by atoms with Crippen LogP contribution in [0.4, 0.5) is 5.69 Å². The highest BCUT2D eigenvalue weighted by Gasteiger charge is 2.08. The van der Waals surface area contributed by atoms with Gasteiger partial charge in [0.2, 0.25) is 0 Å². The number of nitrogens with zero attached hydrogens (tertiary/aromatic N) is 2. The van der Waals surface area contributed by atoms with E-state index in [1.54, 1.807) is 16.8 Å². The van der Waals surface area contributed by atoms with Crippen molar-refractivity contribution >= 4 is 5.69 Å². The van der Waals surface area contributed by atoms with Crippen LogP contribution in [-0.4, -0.2) is 29.1 Å². The minimum Gasteiger partial charge on any atom is -0.398 e. The Labute approximate surface area is 102 Å². The van der Waals surface area contributed by atoms with Crippen molar-refractivity contribution in [3.63, 3.8) is 0 Å². The van der Waals surface area contributed by atoms with E-state index in [2.05, 4.69) is 4.90 Å². The maximum atomic E-state index is 11.6. The second kappa shape index (κ2) is 5.87. The van der Waals surface area contributed by atoms with E-state index in [9.17, 15) is 4.79 Å². The van der Waals surface area contributed by atoms with Crippen molar-refractivity contribution < 1.29 is 0 Å². The summed E-state index contributed by atoms with van der Waals surface area (Å²) in [4.78, 5) is 14.0. The fourth-order valence-electron chi connectivity index (χ4n) is 2.33. The van der Waals surface area contributed by atoms with Gasteiger partial charge in [-0.25, -0.2) is 0 Å². The van der Waals surface area contributed by atoms with E-state index in [1.807, 2.05) is 0 Å². The monoisotopic (exact) mass is 235 g/mol. The summed E-state index contributed by atoms with van der Waals surface area (Å²) >= 11 is 0. The fraction of sp³-hybridized carbons (Fsp3) is 0.615. The topological polar surface area (TPSA) is 51.3 Å². The van der Waals surface area contributed by atoms with Gasteiger partial charge in [-0.3, -0.25) is 4.79 Å². The lowest BCUT2D eigenvalue weighted by atomic mass is 10.2. The summed E-state index contributed by atoms with van der Waals surface area (Å²) in [6.45, 7) is 4.02. The number of rotatable bonds is 3. The summed E-state index contributed by atoms with van der Waals surface area (Å²) in [5.41, 5.74) is 6.38. The van der Waals surface area contributed by atoms with Gasteiger partial charge in [0.15, 0.2) is 0 Å². The average Bonchev–Trinajstić information content (AvgIpc) is 2.59. The predicted molar refractivity (Wildman–Crippen MR) is 70.0 cm³/mol. The largest absolute Gasteiger partial charge is 0.398 e. The smallest absolute Gasteiger partial charge is 0.250 e. The molecule has 0 saturated carbocycles. The standard InChI is InChI=1S/C13H21N3O/c14-12-5-6-13(17)16(11-12)10-9-15-7-3-1-2-4-8-15/h5-6,11H,1-4,7-10,14H2. The molecule has 94 valence electrons. The Balaban J connectivity index is 1.92. The van der Waals surface area contributed by atoms with E-state index in [-0.39, 0.29) is 5.56 Å². The fourth-order valence-corrected chi connectivity index (χ4v) is 2.33. The van der Waals surface area contributed by atoms with E-state index in [0.29, 0.717) is 5.69 Å². The van der Waals surface area contributed by atoms with Gasteiger partial charge in [0, 0.05) is 31.0 Å². The van der Waals surface area contributed by atoms with Gasteiger partial charge < -0.3 is 15.2 Å². The molecule has 2 rings (SSSR count). The SMILES string of the molecule is Nc1ccc(=O)n(CCN2CCCCCC2)c1. The van der Waals surface area contributed by atoms with Gasteiger partial charge in [-0.15, -0.1) is 0 Å². The van der Waals surface area contributed by atoms with Crippen molar-refractivity contribution in [3.8, 4) is 0 Å². The number of likely N-dealkylation sites (tertiary alicyclic amines) is 1. The van der Waals surface area contributed by atoms with Crippen LogP contribution >= 0.6 is 0 Å². The van der Waals surface area contributed by atoms with Gasteiger partial charge in [0.25, 0.3) is 5.56 Å². The molecule has 1 aromatic heterocycles. The second-order valence-corrected chi connectivity index (χ2v) is 4.75. The first-order valence-corrected chi connectivity index (χ1v) is 6.44. The number of hydrogen-bond acceptors (Lipinski definition) is 3. The molecule has 1 fully saturated rings. The van der Waals surface area contributed by atoms with Crippen LogP contribution in [0.2, 0.25) is 0 Å². The lowest BCUT2D eigenvalue weighted by molar-refractivity contribution is 0.272. The zero-order chi connectivity index (χ0) is 12.1. The number of nitrogens with two attached hydrogens (primary N) is 1. The molecule has 0 aliphatic carbocycles. The Bertz CT molecular complexity index is 405. The number of hydrogen-bond donors (Lipinski definition) is 1. The number of aromatic nitrogens is 1. The summed E-state index contributed by atoms with van der Waals surface area (Å²) in [5, 5.41) is 0. The molecule has 0 bridgehead atoms. The lowest BCUT2D eigenvalue weighted by Gasteiger charge is -2.20. The highest BCUT2D eigenvalue weighted by atomic mass is 16.1. The van der Waals surface area contributed by atoms with Crippen LogP contribution in [0.15, 0.2) is 23.1 Å². The quantitative estimate of drug-likeness (QED) is 0.859.